The molecule has 0 spiro atoms. The number of rotatable bonds is 7. The molecule has 1 N–H and O–H groups in total. The van der Waals surface area contributed by atoms with Gasteiger partial charge in [-0.1, -0.05) is 13.8 Å². The third-order valence-electron chi connectivity index (χ3n) is 2.25. The first-order chi connectivity index (χ1) is 7.20. The van der Waals surface area contributed by atoms with Gasteiger partial charge in [-0.3, -0.25) is 0 Å². The minimum Gasteiger partial charge on any atom is -0.468 e. The molecule has 0 saturated heterocycles. The minimum atomic E-state index is 0.793. The normalized spacial score (nSPS) is 11.2. The predicted octanol–water partition coefficient (Wildman–Crippen LogP) is 3.32. The van der Waals surface area contributed by atoms with E-state index in [0.29, 0.717) is 0 Å². The van der Waals surface area contributed by atoms with Gasteiger partial charge in [0, 0.05) is 17.2 Å². The summed E-state index contributed by atoms with van der Waals surface area (Å²) < 4.78 is 5.23. The Morgan fingerprint density at radius 3 is 2.80 bits per heavy atom. The molecule has 1 aromatic rings. The highest BCUT2D eigenvalue weighted by atomic mass is 32.2. The fourth-order valence-corrected chi connectivity index (χ4v) is 2.14. The van der Waals surface area contributed by atoms with Crippen LogP contribution in [0.15, 0.2) is 21.6 Å². The Balaban J connectivity index is 2.00. The monoisotopic (exact) mass is 227 g/mol. The molecule has 0 radical (unpaired) electrons. The molecule has 15 heavy (non-hydrogen) atoms. The Bertz CT molecular complexity index is 270. The van der Waals surface area contributed by atoms with Crippen molar-refractivity contribution in [3.8, 4) is 0 Å². The second-order valence-electron chi connectivity index (χ2n) is 4.12. The molecule has 86 valence electrons. The predicted molar refractivity (Wildman–Crippen MR) is 66.5 cm³/mol. The summed E-state index contributed by atoms with van der Waals surface area (Å²) in [7, 11) is 0. The van der Waals surface area contributed by atoms with Gasteiger partial charge in [-0.15, -0.1) is 11.8 Å². The molecule has 1 heterocycles. The van der Waals surface area contributed by atoms with Gasteiger partial charge in [0.25, 0.3) is 0 Å². The van der Waals surface area contributed by atoms with Crippen LogP contribution in [0.5, 0.6) is 0 Å². The van der Waals surface area contributed by atoms with Crippen molar-refractivity contribution in [2.75, 3.05) is 18.8 Å². The summed E-state index contributed by atoms with van der Waals surface area (Å²) in [4.78, 5) is 1.26. The second kappa shape index (κ2) is 6.96. The number of hydrogen-bond acceptors (Lipinski definition) is 3. The molecule has 0 aliphatic heterocycles. The molecule has 1 aromatic heterocycles. The lowest BCUT2D eigenvalue weighted by atomic mass is 10.1. The zero-order valence-electron chi connectivity index (χ0n) is 9.88. The fraction of sp³-hybridized carbons (Fsp3) is 0.667. The van der Waals surface area contributed by atoms with Crippen LogP contribution >= 0.6 is 11.8 Å². The van der Waals surface area contributed by atoms with Crippen LogP contribution in [-0.2, 0) is 0 Å². The SMILES string of the molecule is Cc1occc1SCCNCCC(C)C. The molecular formula is C12H21NOS. The van der Waals surface area contributed by atoms with E-state index in [9.17, 15) is 0 Å². The number of aryl methyl sites for hydroxylation is 1. The molecule has 0 amide bonds. The number of hydrogen-bond donors (Lipinski definition) is 1. The molecule has 2 nitrogen and oxygen atoms in total. The lowest BCUT2D eigenvalue weighted by molar-refractivity contribution is 0.527. The van der Waals surface area contributed by atoms with E-state index in [0.717, 1.165) is 30.5 Å². The Labute approximate surface area is 96.8 Å². The van der Waals surface area contributed by atoms with Crippen LogP contribution in [0.1, 0.15) is 26.0 Å². The number of nitrogens with one attached hydrogen (secondary N) is 1. The first kappa shape index (κ1) is 12.7. The first-order valence-electron chi connectivity index (χ1n) is 5.57. The van der Waals surface area contributed by atoms with Crippen molar-refractivity contribution in [1.29, 1.82) is 0 Å². The van der Waals surface area contributed by atoms with Gasteiger partial charge < -0.3 is 9.73 Å². The van der Waals surface area contributed by atoms with Gasteiger partial charge in [0.05, 0.1) is 6.26 Å². The van der Waals surface area contributed by atoms with Crippen molar-refractivity contribution < 1.29 is 4.42 Å². The van der Waals surface area contributed by atoms with Crippen LogP contribution in [-0.4, -0.2) is 18.8 Å². The maximum absolute atomic E-state index is 5.23. The Morgan fingerprint density at radius 1 is 1.40 bits per heavy atom. The topological polar surface area (TPSA) is 25.2 Å². The molecule has 0 atom stereocenters. The van der Waals surface area contributed by atoms with Crippen molar-refractivity contribution in [2.24, 2.45) is 5.92 Å². The van der Waals surface area contributed by atoms with Crippen molar-refractivity contribution in [2.45, 2.75) is 32.1 Å². The molecule has 0 fully saturated rings. The quantitative estimate of drug-likeness (QED) is 0.571. The summed E-state index contributed by atoms with van der Waals surface area (Å²) in [5, 5.41) is 3.45. The summed E-state index contributed by atoms with van der Waals surface area (Å²) in [6.07, 6.45) is 3.01. The molecule has 0 aliphatic rings. The van der Waals surface area contributed by atoms with E-state index in [1.165, 1.54) is 11.3 Å². The van der Waals surface area contributed by atoms with Gasteiger partial charge in [0.15, 0.2) is 0 Å². The second-order valence-corrected chi connectivity index (χ2v) is 5.26. The number of thioether (sulfide) groups is 1. The zero-order valence-corrected chi connectivity index (χ0v) is 10.7. The minimum absolute atomic E-state index is 0.793. The van der Waals surface area contributed by atoms with Crippen LogP contribution in [0, 0.1) is 12.8 Å². The molecule has 0 unspecified atom stereocenters. The van der Waals surface area contributed by atoms with Crippen LogP contribution in [0.3, 0.4) is 0 Å². The lowest BCUT2D eigenvalue weighted by Gasteiger charge is -2.06. The summed E-state index contributed by atoms with van der Waals surface area (Å²) >= 11 is 1.86. The van der Waals surface area contributed by atoms with Gasteiger partial charge in [0.1, 0.15) is 5.76 Å². The summed E-state index contributed by atoms with van der Waals surface area (Å²) in [5.41, 5.74) is 0. The van der Waals surface area contributed by atoms with Crippen molar-refractivity contribution in [3.05, 3.63) is 18.1 Å². The van der Waals surface area contributed by atoms with Gasteiger partial charge in [-0.05, 0) is 31.9 Å². The summed E-state index contributed by atoms with van der Waals surface area (Å²) in [5.74, 6) is 2.93. The Morgan fingerprint density at radius 2 is 2.20 bits per heavy atom. The highest BCUT2D eigenvalue weighted by Crippen LogP contribution is 2.22. The standard InChI is InChI=1S/C12H21NOS/c1-10(2)4-6-13-7-9-15-12-5-8-14-11(12)3/h5,8,10,13H,4,6-7,9H2,1-3H3. The van der Waals surface area contributed by atoms with Crippen molar-refractivity contribution in [3.63, 3.8) is 0 Å². The van der Waals surface area contributed by atoms with E-state index in [2.05, 4.69) is 19.2 Å². The lowest BCUT2D eigenvalue weighted by Crippen LogP contribution is -2.19. The molecule has 0 aliphatic carbocycles. The molecule has 0 aromatic carbocycles. The molecule has 1 rings (SSSR count). The Hall–Kier alpha value is -0.410. The van der Waals surface area contributed by atoms with Crippen molar-refractivity contribution >= 4 is 11.8 Å². The van der Waals surface area contributed by atoms with E-state index in [1.807, 2.05) is 24.8 Å². The van der Waals surface area contributed by atoms with Crippen LogP contribution in [0.25, 0.3) is 0 Å². The van der Waals surface area contributed by atoms with Gasteiger partial charge >= 0.3 is 0 Å². The smallest absolute Gasteiger partial charge is 0.114 e. The van der Waals surface area contributed by atoms with Gasteiger partial charge in [-0.2, -0.15) is 0 Å². The third-order valence-corrected chi connectivity index (χ3v) is 3.39. The third kappa shape index (κ3) is 5.28. The molecule has 0 bridgehead atoms. The van der Waals surface area contributed by atoms with Crippen LogP contribution in [0.4, 0.5) is 0 Å². The highest BCUT2D eigenvalue weighted by molar-refractivity contribution is 7.99. The number of furan rings is 1. The average molecular weight is 227 g/mol. The Kier molecular flexibility index (Phi) is 5.88. The molecular weight excluding hydrogens is 206 g/mol. The van der Waals surface area contributed by atoms with E-state index >= 15 is 0 Å². The molecule has 3 heteroatoms. The fourth-order valence-electron chi connectivity index (χ4n) is 1.27. The summed E-state index contributed by atoms with van der Waals surface area (Å²) in [6.45, 7) is 8.72. The van der Waals surface area contributed by atoms with E-state index < -0.39 is 0 Å². The largest absolute Gasteiger partial charge is 0.468 e. The maximum atomic E-state index is 5.23. The van der Waals surface area contributed by atoms with Crippen LogP contribution in [0.2, 0.25) is 0 Å². The molecule has 0 saturated carbocycles. The van der Waals surface area contributed by atoms with Crippen LogP contribution < -0.4 is 5.32 Å². The maximum Gasteiger partial charge on any atom is 0.114 e. The van der Waals surface area contributed by atoms with E-state index in [4.69, 9.17) is 4.42 Å². The zero-order chi connectivity index (χ0) is 11.1. The summed E-state index contributed by atoms with van der Waals surface area (Å²) in [6, 6.07) is 2.04. The highest BCUT2D eigenvalue weighted by Gasteiger charge is 2.00. The van der Waals surface area contributed by atoms with E-state index in [1.54, 1.807) is 6.26 Å². The van der Waals surface area contributed by atoms with Gasteiger partial charge in [0.2, 0.25) is 0 Å². The van der Waals surface area contributed by atoms with E-state index in [-0.39, 0.29) is 0 Å². The van der Waals surface area contributed by atoms with Crippen molar-refractivity contribution in [1.82, 2.24) is 5.32 Å². The average Bonchev–Trinajstić information content (AvgIpc) is 2.57. The first-order valence-corrected chi connectivity index (χ1v) is 6.56. The van der Waals surface area contributed by atoms with Gasteiger partial charge in [-0.25, -0.2) is 0 Å².